The molecule has 0 aliphatic heterocycles. The Morgan fingerprint density at radius 2 is 1.20 bits per heavy atom. The largest absolute Gasteiger partial charge is 0.383 e. The zero-order chi connectivity index (χ0) is 27.6. The van der Waals surface area contributed by atoms with Crippen LogP contribution in [-0.2, 0) is 5.41 Å². The number of hydrogen-bond acceptors (Lipinski definition) is 1. The molecule has 0 saturated heterocycles. The van der Waals surface area contributed by atoms with Gasteiger partial charge in [0.25, 0.3) is 0 Å². The van der Waals surface area contributed by atoms with E-state index in [1.165, 1.54) is 49.9 Å². The van der Waals surface area contributed by atoms with Gasteiger partial charge in [0.2, 0.25) is 0 Å². The van der Waals surface area contributed by atoms with Crippen molar-refractivity contribution in [3.05, 3.63) is 167 Å². The number of nitrogens with two attached hydrogens (primary N) is 1. The summed E-state index contributed by atoms with van der Waals surface area (Å²) in [6, 6.07) is 47.5. The number of aliphatic imine (C=N–C) groups is 2. The van der Waals surface area contributed by atoms with Crippen LogP contribution in [0.2, 0.25) is 0 Å². The van der Waals surface area contributed by atoms with E-state index < -0.39 is 5.41 Å². The number of benzene rings is 6. The number of rotatable bonds is 3. The molecule has 0 amide bonds. The predicted octanol–water partition coefficient (Wildman–Crippen LogP) is 7.97. The third kappa shape index (κ3) is 3.14. The van der Waals surface area contributed by atoms with Crippen molar-refractivity contribution in [2.45, 2.75) is 5.41 Å². The summed E-state index contributed by atoms with van der Waals surface area (Å²) in [5.74, 6) is 1.08. The maximum atomic E-state index is 6.53. The Kier molecular flexibility index (Phi) is 5.10. The van der Waals surface area contributed by atoms with Crippen molar-refractivity contribution in [3.63, 3.8) is 0 Å². The van der Waals surface area contributed by atoms with Gasteiger partial charge in [0.15, 0.2) is 5.84 Å². The third-order valence-corrected chi connectivity index (χ3v) is 8.74. The molecule has 6 aromatic rings. The normalized spacial score (nSPS) is 16.9. The second kappa shape index (κ2) is 8.87. The Hall–Kier alpha value is -5.28. The summed E-state index contributed by atoms with van der Waals surface area (Å²) in [6.45, 7) is 0. The molecule has 1 atom stereocenters. The van der Waals surface area contributed by atoms with Gasteiger partial charge in [0, 0.05) is 18.2 Å². The molecule has 41 heavy (non-hydrogen) atoms. The molecule has 2 aliphatic rings. The average Bonchev–Trinajstić information content (AvgIpc) is 3.35. The van der Waals surface area contributed by atoms with Gasteiger partial charge in [0.05, 0.1) is 5.41 Å². The average molecular weight is 526 g/mol. The maximum absolute atomic E-state index is 6.53. The lowest BCUT2D eigenvalue weighted by Crippen LogP contribution is -2.31. The van der Waals surface area contributed by atoms with Crippen LogP contribution in [0.4, 0.5) is 0 Å². The monoisotopic (exact) mass is 525 g/mol. The van der Waals surface area contributed by atoms with E-state index in [9.17, 15) is 0 Å². The molecular weight excluding hydrogens is 498 g/mol. The minimum atomic E-state index is -0.426. The second-order valence-electron chi connectivity index (χ2n) is 10.7. The molecule has 0 fully saturated rings. The van der Waals surface area contributed by atoms with E-state index in [4.69, 9.17) is 15.7 Å². The fraction of sp³-hybridized carbons (Fsp3) is 0.0526. The Labute approximate surface area is 239 Å². The molecule has 0 aromatic heterocycles. The third-order valence-electron chi connectivity index (χ3n) is 8.74. The summed E-state index contributed by atoms with van der Waals surface area (Å²) < 4.78 is 0. The van der Waals surface area contributed by atoms with Crippen molar-refractivity contribution in [2.75, 3.05) is 7.05 Å². The van der Waals surface area contributed by atoms with Crippen LogP contribution >= 0.6 is 0 Å². The van der Waals surface area contributed by atoms with Crippen LogP contribution < -0.4 is 5.73 Å². The van der Waals surface area contributed by atoms with Crippen molar-refractivity contribution in [1.82, 2.24) is 0 Å². The molecular formula is C38H27N3. The van der Waals surface area contributed by atoms with Crippen LogP contribution in [0.3, 0.4) is 0 Å². The maximum Gasteiger partial charge on any atom is 0.157 e. The lowest BCUT2D eigenvalue weighted by molar-refractivity contribution is 0.773. The van der Waals surface area contributed by atoms with E-state index in [1.807, 2.05) is 30.3 Å². The molecule has 2 N–H and O–H groups in total. The molecule has 194 valence electrons. The zero-order valence-electron chi connectivity index (χ0n) is 22.7. The minimum Gasteiger partial charge on any atom is -0.383 e. The summed E-state index contributed by atoms with van der Waals surface area (Å²) in [5, 5.41) is 2.39. The SMILES string of the molecule is CN=C(N=C(N)c1ccccc1)c1cc2c3c4c(cccc14)-c1ccccc1C3(c1ccccc1)c1ccccc1-2. The van der Waals surface area contributed by atoms with Gasteiger partial charge >= 0.3 is 0 Å². The van der Waals surface area contributed by atoms with Gasteiger partial charge in [-0.1, -0.05) is 127 Å². The van der Waals surface area contributed by atoms with Crippen molar-refractivity contribution in [1.29, 1.82) is 0 Å². The van der Waals surface area contributed by atoms with Gasteiger partial charge in [-0.25, -0.2) is 4.99 Å². The lowest BCUT2D eigenvalue weighted by atomic mass is 9.61. The predicted molar refractivity (Wildman–Crippen MR) is 170 cm³/mol. The molecule has 1 unspecified atom stereocenters. The topological polar surface area (TPSA) is 50.7 Å². The fourth-order valence-corrected chi connectivity index (χ4v) is 7.15. The molecule has 6 aromatic carbocycles. The first-order valence-electron chi connectivity index (χ1n) is 14.0. The molecule has 0 bridgehead atoms. The first-order valence-corrected chi connectivity index (χ1v) is 14.0. The quantitative estimate of drug-likeness (QED) is 0.185. The molecule has 0 saturated carbocycles. The summed E-state index contributed by atoms with van der Waals surface area (Å²) in [4.78, 5) is 9.59. The highest BCUT2D eigenvalue weighted by molar-refractivity contribution is 6.21. The van der Waals surface area contributed by atoms with Gasteiger partial charge in [0.1, 0.15) is 5.84 Å². The molecule has 3 heteroatoms. The Balaban J connectivity index is 1.53. The number of nitrogens with zero attached hydrogens (tertiary/aromatic N) is 2. The molecule has 0 spiro atoms. The van der Waals surface area contributed by atoms with Crippen molar-refractivity contribution < 1.29 is 0 Å². The zero-order valence-corrected chi connectivity index (χ0v) is 22.7. The standard InChI is InChI=1S/C38H27N3/c1-40-37(41-36(39)24-13-4-2-5-14-24)31-23-30-27-18-9-11-22-33(27)38(25-15-6-3-7-16-25)32-21-10-8-17-26(32)28-19-12-20-29(31)34(28)35(30)38/h2-23H,1H3,(H2,39,40,41). The lowest BCUT2D eigenvalue weighted by Gasteiger charge is -2.39. The molecule has 2 aliphatic carbocycles. The summed E-state index contributed by atoms with van der Waals surface area (Å²) in [6.07, 6.45) is 0. The van der Waals surface area contributed by atoms with Gasteiger partial charge < -0.3 is 5.73 Å². The van der Waals surface area contributed by atoms with E-state index in [1.54, 1.807) is 7.05 Å². The van der Waals surface area contributed by atoms with Crippen LogP contribution in [-0.4, -0.2) is 18.7 Å². The van der Waals surface area contributed by atoms with E-state index >= 15 is 0 Å². The highest BCUT2D eigenvalue weighted by Crippen LogP contribution is 2.63. The highest BCUT2D eigenvalue weighted by Gasteiger charge is 2.50. The first-order chi connectivity index (χ1) is 20.2. The van der Waals surface area contributed by atoms with Crippen LogP contribution in [0.5, 0.6) is 0 Å². The van der Waals surface area contributed by atoms with Crippen LogP contribution in [0, 0.1) is 0 Å². The molecule has 0 heterocycles. The van der Waals surface area contributed by atoms with Gasteiger partial charge in [-0.3, -0.25) is 4.99 Å². The van der Waals surface area contributed by atoms with Crippen molar-refractivity contribution >= 4 is 22.4 Å². The summed E-state index contributed by atoms with van der Waals surface area (Å²) in [5.41, 5.74) is 18.2. The highest BCUT2D eigenvalue weighted by atomic mass is 15.0. The number of hydrogen-bond donors (Lipinski definition) is 1. The van der Waals surface area contributed by atoms with Gasteiger partial charge in [-0.05, 0) is 61.3 Å². The first kappa shape index (κ1) is 23.6. The Morgan fingerprint density at radius 1 is 0.610 bits per heavy atom. The fourth-order valence-electron chi connectivity index (χ4n) is 7.15. The van der Waals surface area contributed by atoms with E-state index in [0.29, 0.717) is 11.7 Å². The smallest absolute Gasteiger partial charge is 0.157 e. The second-order valence-corrected chi connectivity index (χ2v) is 10.7. The van der Waals surface area contributed by atoms with E-state index in [0.717, 1.165) is 16.5 Å². The summed E-state index contributed by atoms with van der Waals surface area (Å²) in [7, 11) is 1.80. The van der Waals surface area contributed by atoms with Gasteiger partial charge in [-0.2, -0.15) is 0 Å². The molecule has 8 rings (SSSR count). The van der Waals surface area contributed by atoms with Crippen molar-refractivity contribution in [2.24, 2.45) is 15.7 Å². The van der Waals surface area contributed by atoms with Gasteiger partial charge in [-0.15, -0.1) is 0 Å². The van der Waals surface area contributed by atoms with Crippen LogP contribution in [0.25, 0.3) is 33.0 Å². The van der Waals surface area contributed by atoms with E-state index in [-0.39, 0.29) is 0 Å². The van der Waals surface area contributed by atoms with Crippen LogP contribution in [0.15, 0.2) is 143 Å². The van der Waals surface area contributed by atoms with Crippen molar-refractivity contribution in [3.8, 4) is 22.3 Å². The molecule has 0 radical (unpaired) electrons. The number of fused-ring (bicyclic) bond motifs is 6. The Bertz CT molecular complexity index is 2060. The summed E-state index contributed by atoms with van der Waals surface area (Å²) >= 11 is 0. The minimum absolute atomic E-state index is 0.426. The number of amidine groups is 2. The van der Waals surface area contributed by atoms with Crippen LogP contribution in [0.1, 0.15) is 33.4 Å². The Morgan fingerprint density at radius 3 is 1.88 bits per heavy atom. The van der Waals surface area contributed by atoms with E-state index in [2.05, 4.69) is 103 Å². The molecule has 3 nitrogen and oxygen atoms in total.